The minimum Gasteiger partial charge on any atom is -0.454 e. The molecular formula is C20H24N2O7S2. The highest BCUT2D eigenvalue weighted by atomic mass is 32.2. The fraction of sp³-hybridized carbons (Fsp3) is 0.400. The van der Waals surface area contributed by atoms with Gasteiger partial charge in [-0.05, 0) is 44.5 Å². The van der Waals surface area contributed by atoms with Crippen LogP contribution >= 0.6 is 0 Å². The molecule has 2 aromatic rings. The van der Waals surface area contributed by atoms with E-state index in [0.29, 0.717) is 17.7 Å². The Kier molecular flexibility index (Phi) is 6.28. The van der Waals surface area contributed by atoms with E-state index in [0.717, 1.165) is 11.9 Å². The number of Topliss-reactive ketones (excluding diaryl/α,β-unsaturated/α-hetero) is 1. The lowest BCUT2D eigenvalue weighted by Gasteiger charge is -2.16. The second-order valence-corrected chi connectivity index (χ2v) is 11.6. The first-order valence-electron chi connectivity index (χ1n) is 9.53. The van der Waals surface area contributed by atoms with Crippen molar-refractivity contribution in [1.29, 1.82) is 0 Å². The molecule has 0 bridgehead atoms. The molecule has 31 heavy (non-hydrogen) atoms. The summed E-state index contributed by atoms with van der Waals surface area (Å²) in [5.74, 6) is -0.993. The Balaban J connectivity index is 1.70. The Morgan fingerprint density at radius 2 is 1.94 bits per heavy atom. The van der Waals surface area contributed by atoms with Crippen LogP contribution < -0.4 is 4.72 Å². The summed E-state index contributed by atoms with van der Waals surface area (Å²) in [4.78, 5) is 25.0. The standard InChI is InChI=1S/C20H24N2O7S2/c1-13-9-18(14(2)22(13)17-7-8-31(27,28)12-17)19(23)11-29-20(24)15-5-4-6-16(10-15)21-30(3,25)26/h4-6,9-10,17,21H,7-8,11-12H2,1-3H3/t17-/m1/s1. The number of sulfone groups is 1. The summed E-state index contributed by atoms with van der Waals surface area (Å²) in [6, 6.07) is 7.22. The molecule has 1 aromatic heterocycles. The van der Waals surface area contributed by atoms with Crippen LogP contribution in [0.3, 0.4) is 0 Å². The van der Waals surface area contributed by atoms with Gasteiger partial charge in [-0.25, -0.2) is 21.6 Å². The molecule has 0 saturated carbocycles. The molecule has 1 saturated heterocycles. The summed E-state index contributed by atoms with van der Waals surface area (Å²) in [6.45, 7) is 3.06. The number of hydrogen-bond donors (Lipinski definition) is 1. The predicted molar refractivity (Wildman–Crippen MR) is 116 cm³/mol. The van der Waals surface area contributed by atoms with Crippen LogP contribution in [0.2, 0.25) is 0 Å². The number of nitrogens with one attached hydrogen (secondary N) is 1. The van der Waals surface area contributed by atoms with Gasteiger partial charge in [0.15, 0.2) is 16.4 Å². The molecule has 11 heteroatoms. The van der Waals surface area contributed by atoms with Gasteiger partial charge in [-0.3, -0.25) is 9.52 Å². The number of nitrogens with zero attached hydrogens (tertiary/aromatic N) is 1. The zero-order valence-corrected chi connectivity index (χ0v) is 19.0. The number of hydrogen-bond acceptors (Lipinski definition) is 7. The van der Waals surface area contributed by atoms with Crippen LogP contribution in [0.1, 0.15) is 44.6 Å². The first kappa shape index (κ1) is 23.0. The van der Waals surface area contributed by atoms with Crippen LogP contribution in [0.4, 0.5) is 5.69 Å². The van der Waals surface area contributed by atoms with Gasteiger partial charge in [-0.1, -0.05) is 6.07 Å². The zero-order valence-electron chi connectivity index (χ0n) is 17.4. The van der Waals surface area contributed by atoms with Gasteiger partial charge < -0.3 is 9.30 Å². The second-order valence-electron chi connectivity index (χ2n) is 7.67. The van der Waals surface area contributed by atoms with Crippen molar-refractivity contribution in [2.24, 2.45) is 0 Å². The Labute approximate surface area is 181 Å². The molecule has 9 nitrogen and oxygen atoms in total. The molecular weight excluding hydrogens is 444 g/mol. The van der Waals surface area contributed by atoms with Crippen molar-refractivity contribution in [2.45, 2.75) is 26.3 Å². The molecule has 3 rings (SSSR count). The third-order valence-corrected chi connectivity index (χ3v) is 7.45. The maximum Gasteiger partial charge on any atom is 0.338 e. The van der Waals surface area contributed by atoms with Crippen LogP contribution in [0.25, 0.3) is 0 Å². The number of ketones is 1. The molecule has 1 atom stereocenters. The van der Waals surface area contributed by atoms with Gasteiger partial charge in [0.25, 0.3) is 0 Å². The van der Waals surface area contributed by atoms with Crippen LogP contribution in [0.15, 0.2) is 30.3 Å². The van der Waals surface area contributed by atoms with E-state index in [-0.39, 0.29) is 28.8 Å². The van der Waals surface area contributed by atoms with E-state index in [4.69, 9.17) is 4.74 Å². The number of anilines is 1. The van der Waals surface area contributed by atoms with Crippen molar-refractivity contribution in [3.05, 3.63) is 52.8 Å². The fourth-order valence-electron chi connectivity index (χ4n) is 3.82. The van der Waals surface area contributed by atoms with E-state index in [1.54, 1.807) is 19.9 Å². The molecule has 1 aliphatic heterocycles. The van der Waals surface area contributed by atoms with E-state index < -0.39 is 38.2 Å². The molecule has 168 valence electrons. The quantitative estimate of drug-likeness (QED) is 0.485. The van der Waals surface area contributed by atoms with Gasteiger partial charge in [0, 0.05) is 28.7 Å². The van der Waals surface area contributed by atoms with Crippen molar-refractivity contribution in [3.63, 3.8) is 0 Å². The molecule has 0 radical (unpaired) electrons. The SMILES string of the molecule is Cc1cc(C(=O)COC(=O)c2cccc(NS(C)(=O)=O)c2)c(C)n1[C@@H]1CCS(=O)(=O)C1. The second kappa shape index (κ2) is 8.46. The van der Waals surface area contributed by atoms with Gasteiger partial charge >= 0.3 is 5.97 Å². The summed E-state index contributed by atoms with van der Waals surface area (Å²) in [6.07, 6.45) is 1.49. The fourth-order valence-corrected chi connectivity index (χ4v) is 6.07. The molecule has 1 aromatic carbocycles. The molecule has 0 unspecified atom stereocenters. The topological polar surface area (TPSA) is 129 Å². The van der Waals surface area contributed by atoms with E-state index in [9.17, 15) is 26.4 Å². The number of sulfonamides is 1. The monoisotopic (exact) mass is 468 g/mol. The van der Waals surface area contributed by atoms with Crippen molar-refractivity contribution < 1.29 is 31.2 Å². The first-order chi connectivity index (χ1) is 14.4. The first-order valence-corrected chi connectivity index (χ1v) is 13.2. The Hall–Kier alpha value is -2.66. The summed E-state index contributed by atoms with van der Waals surface area (Å²) >= 11 is 0. The predicted octanol–water partition coefficient (Wildman–Crippen LogP) is 1.88. The van der Waals surface area contributed by atoms with Gasteiger partial charge in [0.05, 0.1) is 23.3 Å². The van der Waals surface area contributed by atoms with Gasteiger partial charge in [-0.15, -0.1) is 0 Å². The van der Waals surface area contributed by atoms with Gasteiger partial charge in [0.2, 0.25) is 15.8 Å². The van der Waals surface area contributed by atoms with E-state index >= 15 is 0 Å². The number of ether oxygens (including phenoxy) is 1. The molecule has 1 fully saturated rings. The highest BCUT2D eigenvalue weighted by Crippen LogP contribution is 2.29. The van der Waals surface area contributed by atoms with Crippen molar-refractivity contribution in [2.75, 3.05) is 29.1 Å². The number of rotatable bonds is 7. The largest absolute Gasteiger partial charge is 0.454 e. The lowest BCUT2D eigenvalue weighted by Crippen LogP contribution is -2.17. The van der Waals surface area contributed by atoms with Crippen molar-refractivity contribution in [3.8, 4) is 0 Å². The maximum absolute atomic E-state index is 12.7. The Morgan fingerprint density at radius 1 is 1.23 bits per heavy atom. The molecule has 1 N–H and O–H groups in total. The van der Waals surface area contributed by atoms with E-state index in [1.165, 1.54) is 24.3 Å². The maximum atomic E-state index is 12.7. The van der Waals surface area contributed by atoms with Gasteiger partial charge in [-0.2, -0.15) is 0 Å². The highest BCUT2D eigenvalue weighted by Gasteiger charge is 2.31. The Bertz CT molecular complexity index is 1240. The van der Waals surface area contributed by atoms with Crippen LogP contribution in [-0.2, 0) is 24.6 Å². The molecule has 2 heterocycles. The van der Waals surface area contributed by atoms with Crippen molar-refractivity contribution >= 4 is 37.3 Å². The minimum atomic E-state index is -3.50. The van der Waals surface area contributed by atoms with Crippen molar-refractivity contribution in [1.82, 2.24) is 4.57 Å². The average molecular weight is 469 g/mol. The third-order valence-electron chi connectivity index (χ3n) is 5.09. The summed E-state index contributed by atoms with van der Waals surface area (Å²) in [7, 11) is -6.57. The molecule has 0 aliphatic carbocycles. The number of esters is 1. The lowest BCUT2D eigenvalue weighted by atomic mass is 10.1. The number of carbonyl (C=O) groups excluding carboxylic acids is 2. The number of carbonyl (C=O) groups is 2. The Morgan fingerprint density at radius 3 is 2.55 bits per heavy atom. The summed E-state index contributed by atoms with van der Waals surface area (Å²) in [5, 5.41) is 0. The molecule has 0 spiro atoms. The average Bonchev–Trinajstić information content (AvgIpc) is 3.16. The third kappa shape index (κ3) is 5.53. The molecule has 0 amide bonds. The molecule has 1 aliphatic rings. The summed E-state index contributed by atoms with van der Waals surface area (Å²) in [5.41, 5.74) is 2.09. The number of aryl methyl sites for hydroxylation is 1. The van der Waals surface area contributed by atoms with E-state index in [1.807, 2.05) is 4.57 Å². The van der Waals surface area contributed by atoms with Crippen LogP contribution in [0, 0.1) is 13.8 Å². The lowest BCUT2D eigenvalue weighted by molar-refractivity contribution is 0.0474. The normalized spacial score (nSPS) is 18.0. The number of aromatic nitrogens is 1. The van der Waals surface area contributed by atoms with E-state index in [2.05, 4.69) is 4.72 Å². The zero-order chi connectivity index (χ0) is 23.0. The van der Waals surface area contributed by atoms with Gasteiger partial charge in [0.1, 0.15) is 0 Å². The van der Waals surface area contributed by atoms with Crippen LogP contribution in [0.5, 0.6) is 0 Å². The highest BCUT2D eigenvalue weighted by molar-refractivity contribution is 7.92. The smallest absolute Gasteiger partial charge is 0.338 e. The van der Waals surface area contributed by atoms with Crippen LogP contribution in [-0.4, -0.2) is 57.5 Å². The summed E-state index contributed by atoms with van der Waals surface area (Å²) < 4.78 is 55.6. The minimum absolute atomic E-state index is 0.0455. The number of benzene rings is 1.